The molecule has 0 aliphatic carbocycles. The summed E-state index contributed by atoms with van der Waals surface area (Å²) in [6, 6.07) is 0.219. The first kappa shape index (κ1) is 14.9. The molecular weight excluding hydrogens is 234 g/mol. The molecule has 1 saturated heterocycles. The number of nitrogens with one attached hydrogen (secondary N) is 2. The number of carbonyl (C=O) groups excluding carboxylic acids is 2. The summed E-state index contributed by atoms with van der Waals surface area (Å²) in [5.74, 6) is 0.130. The fraction of sp³-hybridized carbons (Fsp3) is 0.833. The van der Waals surface area contributed by atoms with Crippen LogP contribution in [0.2, 0.25) is 0 Å². The smallest absolute Gasteiger partial charge is 0.234 e. The number of hydrogen-bond acceptors (Lipinski definition) is 4. The van der Waals surface area contributed by atoms with Crippen molar-refractivity contribution in [2.75, 3.05) is 33.9 Å². The SMILES string of the molecule is COCC(C)NC(=O)CNC1CCC(=O)N(C)C1. The van der Waals surface area contributed by atoms with E-state index in [1.807, 2.05) is 6.92 Å². The van der Waals surface area contributed by atoms with Gasteiger partial charge in [0.1, 0.15) is 0 Å². The maximum Gasteiger partial charge on any atom is 0.234 e. The molecule has 0 radical (unpaired) electrons. The number of ether oxygens (including phenoxy) is 1. The highest BCUT2D eigenvalue weighted by Gasteiger charge is 2.22. The van der Waals surface area contributed by atoms with E-state index in [2.05, 4.69) is 10.6 Å². The Morgan fingerprint density at radius 3 is 2.94 bits per heavy atom. The number of rotatable bonds is 6. The lowest BCUT2D eigenvalue weighted by atomic mass is 10.1. The van der Waals surface area contributed by atoms with Gasteiger partial charge in [-0.15, -0.1) is 0 Å². The number of carbonyl (C=O) groups is 2. The zero-order chi connectivity index (χ0) is 13.5. The van der Waals surface area contributed by atoms with Gasteiger partial charge in [-0.1, -0.05) is 0 Å². The van der Waals surface area contributed by atoms with Crippen molar-refractivity contribution in [3.8, 4) is 0 Å². The van der Waals surface area contributed by atoms with Gasteiger partial charge < -0.3 is 20.3 Å². The van der Waals surface area contributed by atoms with Crippen molar-refractivity contribution in [3.05, 3.63) is 0 Å². The molecule has 0 aromatic rings. The van der Waals surface area contributed by atoms with E-state index in [4.69, 9.17) is 4.74 Å². The van der Waals surface area contributed by atoms with Crippen LogP contribution < -0.4 is 10.6 Å². The van der Waals surface area contributed by atoms with Crippen LogP contribution in [0.3, 0.4) is 0 Å². The van der Waals surface area contributed by atoms with E-state index in [-0.39, 0.29) is 30.4 Å². The molecule has 6 heteroatoms. The van der Waals surface area contributed by atoms with Crippen LogP contribution in [0.5, 0.6) is 0 Å². The van der Waals surface area contributed by atoms with Crippen LogP contribution in [0, 0.1) is 0 Å². The van der Waals surface area contributed by atoms with E-state index >= 15 is 0 Å². The molecule has 2 unspecified atom stereocenters. The summed E-state index contributed by atoms with van der Waals surface area (Å²) in [5.41, 5.74) is 0. The van der Waals surface area contributed by atoms with Crippen molar-refractivity contribution in [1.82, 2.24) is 15.5 Å². The van der Waals surface area contributed by atoms with Gasteiger partial charge in [0.05, 0.1) is 13.2 Å². The lowest BCUT2D eigenvalue weighted by Crippen LogP contribution is -2.50. The topological polar surface area (TPSA) is 70.7 Å². The Balaban J connectivity index is 2.20. The highest BCUT2D eigenvalue weighted by Crippen LogP contribution is 2.08. The second-order valence-electron chi connectivity index (χ2n) is 4.81. The number of likely N-dealkylation sites (tertiary alicyclic amines) is 1. The minimum Gasteiger partial charge on any atom is -0.383 e. The van der Waals surface area contributed by atoms with Gasteiger partial charge in [-0.3, -0.25) is 9.59 Å². The van der Waals surface area contributed by atoms with Gasteiger partial charge in [-0.25, -0.2) is 0 Å². The summed E-state index contributed by atoms with van der Waals surface area (Å²) in [6.07, 6.45) is 1.35. The maximum absolute atomic E-state index is 11.6. The van der Waals surface area contributed by atoms with Crippen molar-refractivity contribution >= 4 is 11.8 Å². The summed E-state index contributed by atoms with van der Waals surface area (Å²) >= 11 is 0. The molecule has 2 atom stereocenters. The minimum absolute atomic E-state index is 0.0138. The Morgan fingerprint density at radius 2 is 2.33 bits per heavy atom. The standard InChI is InChI=1S/C12H23N3O3/c1-9(8-18-3)14-11(16)6-13-10-4-5-12(17)15(2)7-10/h9-10,13H,4-8H2,1-3H3,(H,14,16). The van der Waals surface area contributed by atoms with Crippen molar-refractivity contribution in [1.29, 1.82) is 0 Å². The van der Waals surface area contributed by atoms with Crippen LogP contribution in [0.1, 0.15) is 19.8 Å². The van der Waals surface area contributed by atoms with Gasteiger partial charge in [-0.2, -0.15) is 0 Å². The molecule has 0 spiro atoms. The van der Waals surface area contributed by atoms with Crippen molar-refractivity contribution in [2.24, 2.45) is 0 Å². The Labute approximate surface area is 108 Å². The zero-order valence-corrected chi connectivity index (χ0v) is 11.4. The normalized spacial score (nSPS) is 21.8. The predicted octanol–water partition coefficient (Wildman–Crippen LogP) is -0.652. The van der Waals surface area contributed by atoms with Crippen LogP contribution in [0.15, 0.2) is 0 Å². The summed E-state index contributed by atoms with van der Waals surface area (Å²) in [4.78, 5) is 24.6. The third-order valence-electron chi connectivity index (χ3n) is 3.00. The lowest BCUT2D eigenvalue weighted by molar-refractivity contribution is -0.132. The minimum atomic E-state index is -0.0425. The van der Waals surface area contributed by atoms with E-state index in [0.717, 1.165) is 6.42 Å². The monoisotopic (exact) mass is 257 g/mol. The molecule has 0 aromatic heterocycles. The molecule has 1 aliphatic rings. The lowest BCUT2D eigenvalue weighted by Gasteiger charge is -2.30. The van der Waals surface area contributed by atoms with E-state index in [1.165, 1.54) is 0 Å². The molecule has 2 N–H and O–H groups in total. The van der Waals surface area contributed by atoms with E-state index in [1.54, 1.807) is 19.1 Å². The molecular formula is C12H23N3O3. The Kier molecular flexibility index (Phi) is 6.07. The third kappa shape index (κ3) is 5.01. The summed E-state index contributed by atoms with van der Waals surface area (Å²) < 4.78 is 4.95. The molecule has 104 valence electrons. The molecule has 1 fully saturated rings. The molecule has 0 saturated carbocycles. The van der Waals surface area contributed by atoms with Gasteiger partial charge >= 0.3 is 0 Å². The first-order valence-electron chi connectivity index (χ1n) is 6.28. The van der Waals surface area contributed by atoms with Crippen LogP contribution in [0.4, 0.5) is 0 Å². The average Bonchev–Trinajstić information content (AvgIpc) is 2.31. The summed E-state index contributed by atoms with van der Waals surface area (Å²) in [6.45, 7) is 3.35. The number of nitrogens with zero attached hydrogens (tertiary/aromatic N) is 1. The van der Waals surface area contributed by atoms with Gasteiger partial charge in [0.2, 0.25) is 11.8 Å². The van der Waals surface area contributed by atoms with Crippen LogP contribution >= 0.6 is 0 Å². The fourth-order valence-electron chi connectivity index (χ4n) is 2.03. The molecule has 2 amide bonds. The van der Waals surface area contributed by atoms with Gasteiger partial charge in [0.15, 0.2) is 0 Å². The summed E-state index contributed by atoms with van der Waals surface area (Å²) in [7, 11) is 3.40. The molecule has 18 heavy (non-hydrogen) atoms. The van der Waals surface area contributed by atoms with Crippen molar-refractivity contribution < 1.29 is 14.3 Å². The molecule has 6 nitrogen and oxygen atoms in total. The molecule has 0 bridgehead atoms. The van der Waals surface area contributed by atoms with Gasteiger partial charge in [0.25, 0.3) is 0 Å². The number of likely N-dealkylation sites (N-methyl/N-ethyl adjacent to an activating group) is 1. The largest absolute Gasteiger partial charge is 0.383 e. The molecule has 1 rings (SSSR count). The van der Waals surface area contributed by atoms with Crippen LogP contribution in [-0.2, 0) is 14.3 Å². The Bertz CT molecular complexity index is 296. The van der Waals surface area contributed by atoms with E-state index < -0.39 is 0 Å². The van der Waals surface area contributed by atoms with Crippen LogP contribution in [0.25, 0.3) is 0 Å². The fourth-order valence-corrected chi connectivity index (χ4v) is 2.03. The zero-order valence-electron chi connectivity index (χ0n) is 11.4. The number of hydrogen-bond donors (Lipinski definition) is 2. The molecule has 0 aromatic carbocycles. The molecule has 1 heterocycles. The van der Waals surface area contributed by atoms with E-state index in [9.17, 15) is 9.59 Å². The number of piperidine rings is 1. The Hall–Kier alpha value is -1.14. The van der Waals surface area contributed by atoms with Gasteiger partial charge in [0, 0.05) is 39.2 Å². The van der Waals surface area contributed by atoms with Crippen molar-refractivity contribution in [2.45, 2.75) is 31.8 Å². The highest BCUT2D eigenvalue weighted by atomic mass is 16.5. The van der Waals surface area contributed by atoms with Gasteiger partial charge in [-0.05, 0) is 13.3 Å². The molecule has 1 aliphatic heterocycles. The first-order chi connectivity index (χ1) is 8.52. The van der Waals surface area contributed by atoms with Crippen molar-refractivity contribution in [3.63, 3.8) is 0 Å². The first-order valence-corrected chi connectivity index (χ1v) is 6.28. The third-order valence-corrected chi connectivity index (χ3v) is 3.00. The second-order valence-corrected chi connectivity index (χ2v) is 4.81. The predicted molar refractivity (Wildman–Crippen MR) is 68.1 cm³/mol. The second kappa shape index (κ2) is 7.33. The van der Waals surface area contributed by atoms with Crippen LogP contribution in [-0.4, -0.2) is 62.7 Å². The number of methoxy groups -OCH3 is 1. The van der Waals surface area contributed by atoms with E-state index in [0.29, 0.717) is 19.6 Å². The highest BCUT2D eigenvalue weighted by molar-refractivity contribution is 5.78. The Morgan fingerprint density at radius 1 is 1.61 bits per heavy atom. The number of amides is 2. The average molecular weight is 257 g/mol. The maximum atomic E-state index is 11.6. The summed E-state index contributed by atoms with van der Waals surface area (Å²) in [5, 5.41) is 6.01. The quantitative estimate of drug-likeness (QED) is 0.663.